The van der Waals surface area contributed by atoms with E-state index in [1.807, 2.05) is 19.9 Å². The maximum atomic E-state index is 13.4. The molecule has 0 bridgehead atoms. The summed E-state index contributed by atoms with van der Waals surface area (Å²) >= 11 is 6.95. The number of nitrogens with zero attached hydrogens (tertiary/aromatic N) is 4. The second-order valence-electron chi connectivity index (χ2n) is 11.1. The van der Waals surface area contributed by atoms with Crippen molar-refractivity contribution in [1.82, 2.24) is 9.47 Å². The molecule has 0 aliphatic carbocycles. The van der Waals surface area contributed by atoms with Gasteiger partial charge in [0.05, 0.1) is 4.91 Å². The number of aromatic nitrogens is 1. The summed E-state index contributed by atoms with van der Waals surface area (Å²) in [6.45, 7) is 11.1. The molecule has 2 aliphatic rings. The summed E-state index contributed by atoms with van der Waals surface area (Å²) in [5.41, 5.74) is 1.33. The lowest BCUT2D eigenvalue weighted by Crippen LogP contribution is -2.40. The van der Waals surface area contributed by atoms with Crippen LogP contribution in [0.2, 0.25) is 0 Å². The van der Waals surface area contributed by atoms with E-state index >= 15 is 0 Å². The molecule has 2 fully saturated rings. The molecule has 1 amide bonds. The van der Waals surface area contributed by atoms with E-state index in [4.69, 9.17) is 12.2 Å². The van der Waals surface area contributed by atoms with Crippen LogP contribution in [0.25, 0.3) is 6.08 Å². The van der Waals surface area contributed by atoms with Gasteiger partial charge >= 0.3 is 0 Å². The quantitative estimate of drug-likeness (QED) is 0.132. The summed E-state index contributed by atoms with van der Waals surface area (Å²) < 4.78 is 2.30. The van der Waals surface area contributed by atoms with Crippen molar-refractivity contribution in [2.75, 3.05) is 24.5 Å². The van der Waals surface area contributed by atoms with E-state index in [0.29, 0.717) is 33.8 Å². The first-order valence-corrected chi connectivity index (χ1v) is 16.2. The minimum absolute atomic E-state index is 0.0638. The molecule has 8 heteroatoms. The van der Waals surface area contributed by atoms with E-state index in [9.17, 15) is 14.9 Å². The van der Waals surface area contributed by atoms with Crippen LogP contribution in [-0.2, 0) is 11.3 Å². The Morgan fingerprint density at radius 1 is 1.05 bits per heavy atom. The van der Waals surface area contributed by atoms with Crippen LogP contribution >= 0.6 is 24.0 Å². The van der Waals surface area contributed by atoms with Crippen molar-refractivity contribution in [3.63, 3.8) is 0 Å². The van der Waals surface area contributed by atoms with Crippen molar-refractivity contribution in [3.8, 4) is 6.07 Å². The predicted octanol–water partition coefficient (Wildman–Crippen LogP) is 7.41. The number of carbonyl (C=O) groups excluding carboxylic acids is 1. The summed E-state index contributed by atoms with van der Waals surface area (Å²) in [7, 11) is 0. The third-order valence-electron chi connectivity index (χ3n) is 8.00. The van der Waals surface area contributed by atoms with Gasteiger partial charge in [-0.05, 0) is 50.7 Å². The molecule has 3 heterocycles. The Bertz CT molecular complexity index is 1150. The van der Waals surface area contributed by atoms with Crippen LogP contribution in [0, 0.1) is 24.2 Å². The first-order valence-electron chi connectivity index (χ1n) is 15.0. The summed E-state index contributed by atoms with van der Waals surface area (Å²) in [5.74, 6) is 1.28. The molecule has 0 spiro atoms. The normalized spacial score (nSPS) is 18.8. The Morgan fingerprint density at radius 2 is 1.69 bits per heavy atom. The van der Waals surface area contributed by atoms with Crippen LogP contribution in [0.4, 0.5) is 5.82 Å². The van der Waals surface area contributed by atoms with Gasteiger partial charge in [-0.15, -0.1) is 0 Å². The lowest BCUT2D eigenvalue weighted by atomic mass is 9.98. The molecule has 214 valence electrons. The summed E-state index contributed by atoms with van der Waals surface area (Å²) in [5, 5.41) is 9.81. The number of nitriles is 1. The van der Waals surface area contributed by atoms with Gasteiger partial charge in [0.25, 0.3) is 11.5 Å². The Kier molecular flexibility index (Phi) is 12.6. The van der Waals surface area contributed by atoms with Crippen molar-refractivity contribution in [2.45, 2.75) is 111 Å². The minimum atomic E-state index is -0.253. The molecule has 1 atom stereocenters. The largest absolute Gasteiger partial charge is 0.357 e. The Hall–Kier alpha value is -2.11. The van der Waals surface area contributed by atoms with Crippen molar-refractivity contribution in [1.29, 1.82) is 5.26 Å². The fraction of sp³-hybridized carbons (Fsp3) is 0.677. The van der Waals surface area contributed by atoms with Crippen LogP contribution in [0.15, 0.2) is 9.70 Å². The molecule has 39 heavy (non-hydrogen) atoms. The first kappa shape index (κ1) is 31.4. The van der Waals surface area contributed by atoms with Gasteiger partial charge in [-0.2, -0.15) is 5.26 Å². The van der Waals surface area contributed by atoms with Crippen molar-refractivity contribution in [2.24, 2.45) is 5.92 Å². The zero-order chi connectivity index (χ0) is 28.4. The van der Waals surface area contributed by atoms with E-state index in [1.165, 1.54) is 63.1 Å². The molecule has 3 rings (SSSR count). The number of hydrogen-bond donors (Lipinski definition) is 0. The number of unbranched alkanes of at least 4 members (excludes halogenated alkanes) is 9. The topological polar surface area (TPSA) is 69.3 Å². The Morgan fingerprint density at radius 3 is 2.28 bits per heavy atom. The number of hydrogen-bond acceptors (Lipinski definition) is 6. The van der Waals surface area contributed by atoms with Gasteiger partial charge in [0, 0.05) is 31.7 Å². The van der Waals surface area contributed by atoms with Gasteiger partial charge in [0.15, 0.2) is 0 Å². The summed E-state index contributed by atoms with van der Waals surface area (Å²) in [4.78, 5) is 31.2. The van der Waals surface area contributed by atoms with Gasteiger partial charge in [0.1, 0.15) is 21.8 Å². The minimum Gasteiger partial charge on any atom is -0.357 e. The second-order valence-corrected chi connectivity index (χ2v) is 12.8. The number of piperidine rings is 1. The molecular weight excluding hydrogens is 525 g/mol. The second kappa shape index (κ2) is 15.6. The number of pyridine rings is 1. The highest BCUT2D eigenvalue weighted by atomic mass is 32.2. The molecule has 1 aromatic rings. The molecule has 0 N–H and O–H groups in total. The maximum Gasteiger partial charge on any atom is 0.270 e. The number of rotatable bonds is 14. The molecule has 6 nitrogen and oxygen atoms in total. The third-order valence-corrected chi connectivity index (χ3v) is 9.38. The zero-order valence-electron chi connectivity index (χ0n) is 24.4. The molecule has 0 radical (unpaired) electrons. The fourth-order valence-corrected chi connectivity index (χ4v) is 7.03. The van der Waals surface area contributed by atoms with Crippen LogP contribution in [-0.4, -0.2) is 39.3 Å². The van der Waals surface area contributed by atoms with E-state index in [1.54, 1.807) is 9.47 Å². The van der Waals surface area contributed by atoms with Gasteiger partial charge in [-0.25, -0.2) is 0 Å². The van der Waals surface area contributed by atoms with Crippen molar-refractivity contribution in [3.05, 3.63) is 31.9 Å². The van der Waals surface area contributed by atoms with Gasteiger partial charge in [-0.3, -0.25) is 19.1 Å². The van der Waals surface area contributed by atoms with E-state index in [2.05, 4.69) is 24.8 Å². The molecule has 2 saturated heterocycles. The number of thioether (sulfide) groups is 1. The highest BCUT2D eigenvalue weighted by molar-refractivity contribution is 8.26. The van der Waals surface area contributed by atoms with E-state index in [-0.39, 0.29) is 17.0 Å². The average Bonchev–Trinajstić information content (AvgIpc) is 3.18. The average molecular weight is 571 g/mol. The molecule has 0 aromatic carbocycles. The Labute approximate surface area is 244 Å². The van der Waals surface area contributed by atoms with Crippen LogP contribution in [0.1, 0.15) is 115 Å². The lowest BCUT2D eigenvalue weighted by Gasteiger charge is -2.35. The van der Waals surface area contributed by atoms with E-state index < -0.39 is 0 Å². The van der Waals surface area contributed by atoms with Crippen LogP contribution < -0.4 is 10.5 Å². The first-order chi connectivity index (χ1) is 18.8. The number of amides is 1. The fourth-order valence-electron chi connectivity index (χ4n) is 5.74. The standard InChI is InChI=1S/C31H46N4O2S2/c1-5-7-8-9-10-11-12-13-14-15-19-35-30(37)27(39-31(35)38)20-25-24(4)26(21-32)29(36)34(6-2)28(25)33-18-16-17-23(3)22-33/h20,23H,5-19,22H2,1-4H3/b27-20-. The van der Waals surface area contributed by atoms with Crippen molar-refractivity contribution >= 4 is 46.1 Å². The van der Waals surface area contributed by atoms with Gasteiger partial charge in [0.2, 0.25) is 0 Å². The predicted molar refractivity (Wildman–Crippen MR) is 168 cm³/mol. The monoisotopic (exact) mass is 570 g/mol. The molecule has 1 unspecified atom stereocenters. The maximum absolute atomic E-state index is 13.4. The number of carbonyl (C=O) groups is 1. The molecule has 1 aromatic heterocycles. The van der Waals surface area contributed by atoms with Gasteiger partial charge in [-0.1, -0.05) is 95.6 Å². The third kappa shape index (κ3) is 7.98. The Balaban J connectivity index is 1.74. The lowest BCUT2D eigenvalue weighted by molar-refractivity contribution is -0.122. The number of thiocarbonyl (C=S) groups is 1. The number of anilines is 1. The summed E-state index contributed by atoms with van der Waals surface area (Å²) in [6, 6.07) is 2.12. The molecular formula is C31H46N4O2S2. The van der Waals surface area contributed by atoms with Crippen molar-refractivity contribution < 1.29 is 4.79 Å². The summed E-state index contributed by atoms with van der Waals surface area (Å²) in [6.07, 6.45) is 16.6. The van der Waals surface area contributed by atoms with E-state index in [0.717, 1.165) is 50.2 Å². The van der Waals surface area contributed by atoms with Crippen LogP contribution in [0.5, 0.6) is 0 Å². The molecule has 2 aliphatic heterocycles. The smallest absolute Gasteiger partial charge is 0.270 e. The molecule has 0 saturated carbocycles. The van der Waals surface area contributed by atoms with Gasteiger partial charge < -0.3 is 4.90 Å². The highest BCUT2D eigenvalue weighted by Crippen LogP contribution is 2.37. The highest BCUT2D eigenvalue weighted by Gasteiger charge is 2.33. The zero-order valence-corrected chi connectivity index (χ0v) is 26.0. The van der Waals surface area contributed by atoms with Crippen LogP contribution in [0.3, 0.4) is 0 Å². The SMILES string of the molecule is CCCCCCCCCCCCN1C(=O)/C(=C/c2c(C)c(C#N)c(=O)n(CC)c2N2CCCC(C)C2)SC1=S.